The van der Waals surface area contributed by atoms with Crippen molar-refractivity contribution < 1.29 is 48.3 Å². The Morgan fingerprint density at radius 1 is 1.05 bits per heavy atom. The topological polar surface area (TPSA) is 124 Å². The second-order valence-corrected chi connectivity index (χ2v) is 10.3. The average molecular weight is 585 g/mol. The standard InChI is InChI=1S/C20H15F8N7O3S/c1-3-39(37,38)17-12(15-32-10-6-9(19(23,24)25)7-30-13(10)34(15)2)14-29-5-4-11(35(14)33-17)16(36)31-8-18(21,22)20(26,27)28/h4-7H,3,8H2,1-2H3,(H,31,36). The number of imidazole rings is 1. The van der Waals surface area contributed by atoms with Gasteiger partial charge in [0.05, 0.1) is 17.9 Å². The lowest BCUT2D eigenvalue weighted by Crippen LogP contribution is -2.47. The van der Waals surface area contributed by atoms with Gasteiger partial charge in [-0.25, -0.2) is 27.9 Å². The molecule has 0 aliphatic carbocycles. The fourth-order valence-electron chi connectivity index (χ4n) is 3.48. The number of alkyl halides is 8. The van der Waals surface area contributed by atoms with E-state index in [0.29, 0.717) is 16.8 Å². The Bertz CT molecular complexity index is 1710. The van der Waals surface area contributed by atoms with E-state index in [1.165, 1.54) is 19.3 Å². The number of halogens is 8. The lowest BCUT2D eigenvalue weighted by Gasteiger charge is -2.19. The second kappa shape index (κ2) is 9.09. The van der Waals surface area contributed by atoms with Crippen LogP contribution in [0.4, 0.5) is 35.1 Å². The van der Waals surface area contributed by atoms with Crippen LogP contribution in [0.5, 0.6) is 0 Å². The number of aryl methyl sites for hydroxylation is 1. The van der Waals surface area contributed by atoms with Crippen molar-refractivity contribution in [3.8, 4) is 11.4 Å². The van der Waals surface area contributed by atoms with Crippen molar-refractivity contribution in [1.29, 1.82) is 0 Å². The van der Waals surface area contributed by atoms with E-state index in [2.05, 4.69) is 20.1 Å². The zero-order valence-electron chi connectivity index (χ0n) is 19.6. The molecule has 0 saturated carbocycles. The third kappa shape index (κ3) is 4.85. The number of carbonyl (C=O) groups excluding carboxylic acids is 1. The molecule has 4 heterocycles. The molecular formula is C20H15F8N7O3S. The van der Waals surface area contributed by atoms with Gasteiger partial charge in [0.25, 0.3) is 5.91 Å². The van der Waals surface area contributed by atoms with E-state index in [1.807, 2.05) is 0 Å². The number of nitrogens with one attached hydrogen (secondary N) is 1. The van der Waals surface area contributed by atoms with E-state index >= 15 is 0 Å². The van der Waals surface area contributed by atoms with Crippen LogP contribution in [0.3, 0.4) is 0 Å². The number of carbonyl (C=O) groups is 1. The smallest absolute Gasteiger partial charge is 0.344 e. The predicted molar refractivity (Wildman–Crippen MR) is 117 cm³/mol. The van der Waals surface area contributed by atoms with Gasteiger partial charge in [0.15, 0.2) is 26.2 Å². The minimum Gasteiger partial charge on any atom is -0.344 e. The number of amides is 1. The zero-order chi connectivity index (χ0) is 29.1. The highest BCUT2D eigenvalue weighted by molar-refractivity contribution is 7.91. The molecular weight excluding hydrogens is 570 g/mol. The molecule has 1 N–H and O–H groups in total. The lowest BCUT2D eigenvalue weighted by atomic mass is 10.2. The number of hydrogen-bond acceptors (Lipinski definition) is 7. The highest BCUT2D eigenvalue weighted by Crippen LogP contribution is 2.36. The molecule has 0 saturated heterocycles. The molecule has 19 heteroatoms. The average Bonchev–Trinajstić information content (AvgIpc) is 3.39. The SMILES string of the molecule is CCS(=O)(=O)c1nn2c(C(=O)NCC(F)(F)C(F)(F)F)ccnc2c1-c1nc2cc(C(F)(F)F)cnc2n1C. The Kier molecular flexibility index (Phi) is 6.56. The van der Waals surface area contributed by atoms with Crippen molar-refractivity contribution in [1.82, 2.24) is 34.4 Å². The van der Waals surface area contributed by atoms with E-state index < -0.39 is 68.2 Å². The van der Waals surface area contributed by atoms with E-state index in [-0.39, 0.29) is 22.6 Å². The van der Waals surface area contributed by atoms with Gasteiger partial charge in [-0.2, -0.15) is 40.2 Å². The number of hydrogen-bond donors (Lipinski definition) is 1. The molecule has 210 valence electrons. The summed E-state index contributed by atoms with van der Waals surface area (Å²) in [6.07, 6.45) is -9.23. The molecule has 0 spiro atoms. The Balaban J connectivity index is 1.92. The first-order valence-electron chi connectivity index (χ1n) is 10.6. The number of sulfone groups is 1. The van der Waals surface area contributed by atoms with Crippen molar-refractivity contribution in [2.24, 2.45) is 7.05 Å². The predicted octanol–water partition coefficient (Wildman–Crippen LogP) is 3.42. The highest BCUT2D eigenvalue weighted by Gasteiger charge is 2.57. The van der Waals surface area contributed by atoms with Crippen LogP contribution in [0.1, 0.15) is 23.0 Å². The summed E-state index contributed by atoms with van der Waals surface area (Å²) in [7, 11) is -2.94. The van der Waals surface area contributed by atoms with Crippen molar-refractivity contribution in [2.75, 3.05) is 12.3 Å². The van der Waals surface area contributed by atoms with Gasteiger partial charge >= 0.3 is 18.3 Å². The minimum absolute atomic E-state index is 0.0829. The third-order valence-electron chi connectivity index (χ3n) is 5.54. The summed E-state index contributed by atoms with van der Waals surface area (Å²) in [6.45, 7) is -0.874. The van der Waals surface area contributed by atoms with Gasteiger partial charge < -0.3 is 9.88 Å². The third-order valence-corrected chi connectivity index (χ3v) is 7.17. The highest BCUT2D eigenvalue weighted by atomic mass is 32.2. The van der Waals surface area contributed by atoms with Crippen molar-refractivity contribution in [2.45, 2.75) is 30.2 Å². The summed E-state index contributed by atoms with van der Waals surface area (Å²) in [4.78, 5) is 24.3. The zero-order valence-corrected chi connectivity index (χ0v) is 20.4. The Morgan fingerprint density at radius 3 is 2.31 bits per heavy atom. The number of fused-ring (bicyclic) bond motifs is 2. The fourth-order valence-corrected chi connectivity index (χ4v) is 4.46. The normalized spacial score (nSPS) is 13.4. The molecule has 39 heavy (non-hydrogen) atoms. The van der Waals surface area contributed by atoms with Gasteiger partial charge in [-0.15, -0.1) is 0 Å². The van der Waals surface area contributed by atoms with Crippen molar-refractivity contribution in [3.05, 3.63) is 35.8 Å². The monoisotopic (exact) mass is 585 g/mol. The summed E-state index contributed by atoms with van der Waals surface area (Å²) in [5.74, 6) is -7.55. The molecule has 0 radical (unpaired) electrons. The van der Waals surface area contributed by atoms with E-state index in [1.54, 1.807) is 0 Å². The van der Waals surface area contributed by atoms with Crippen LogP contribution in [0, 0.1) is 0 Å². The summed E-state index contributed by atoms with van der Waals surface area (Å²) in [5.41, 5.74) is -2.90. The molecule has 4 aromatic rings. The van der Waals surface area contributed by atoms with Gasteiger partial charge in [0.1, 0.15) is 22.6 Å². The molecule has 1 amide bonds. The molecule has 0 fully saturated rings. The number of nitrogens with zero attached hydrogens (tertiary/aromatic N) is 6. The van der Waals surface area contributed by atoms with Crippen LogP contribution in [-0.2, 0) is 23.1 Å². The van der Waals surface area contributed by atoms with Crippen molar-refractivity contribution in [3.63, 3.8) is 0 Å². The maximum atomic E-state index is 13.3. The molecule has 0 bridgehead atoms. The molecule has 0 aromatic carbocycles. The molecule has 4 rings (SSSR count). The Morgan fingerprint density at radius 2 is 1.72 bits per heavy atom. The van der Waals surface area contributed by atoms with Crippen molar-refractivity contribution >= 4 is 32.6 Å². The van der Waals surface area contributed by atoms with E-state index in [0.717, 1.165) is 16.8 Å². The molecule has 0 aliphatic rings. The first-order chi connectivity index (χ1) is 17.9. The van der Waals surface area contributed by atoms with Crippen LogP contribution in [0.2, 0.25) is 0 Å². The first-order valence-corrected chi connectivity index (χ1v) is 12.3. The van der Waals surface area contributed by atoms with E-state index in [4.69, 9.17) is 0 Å². The molecule has 10 nitrogen and oxygen atoms in total. The quantitative estimate of drug-likeness (QED) is 0.344. The van der Waals surface area contributed by atoms with E-state index in [9.17, 15) is 48.3 Å². The van der Waals surface area contributed by atoms with Gasteiger partial charge in [0.2, 0.25) is 0 Å². The van der Waals surface area contributed by atoms with Gasteiger partial charge in [-0.05, 0) is 12.1 Å². The van der Waals surface area contributed by atoms with Gasteiger partial charge in [0, 0.05) is 19.4 Å². The van der Waals surface area contributed by atoms with Crippen LogP contribution >= 0.6 is 0 Å². The Labute approximate surface area is 212 Å². The number of aromatic nitrogens is 6. The maximum Gasteiger partial charge on any atom is 0.455 e. The van der Waals surface area contributed by atoms with Crippen LogP contribution in [0.15, 0.2) is 29.6 Å². The van der Waals surface area contributed by atoms with Crippen LogP contribution in [-0.4, -0.2) is 67.9 Å². The first kappa shape index (κ1) is 28.1. The molecule has 0 unspecified atom stereocenters. The summed E-state index contributed by atoms with van der Waals surface area (Å²) < 4.78 is 131. The number of rotatable bonds is 6. The Hall–Kier alpha value is -3.90. The molecule has 0 atom stereocenters. The van der Waals surface area contributed by atoms with Gasteiger partial charge in [-0.1, -0.05) is 6.92 Å². The largest absolute Gasteiger partial charge is 0.455 e. The van der Waals surface area contributed by atoms with Crippen LogP contribution in [0.25, 0.3) is 28.2 Å². The molecule has 4 aromatic heterocycles. The van der Waals surface area contributed by atoms with Gasteiger partial charge in [-0.3, -0.25) is 4.79 Å². The second-order valence-electron chi connectivity index (χ2n) is 8.09. The maximum absolute atomic E-state index is 13.3. The lowest BCUT2D eigenvalue weighted by molar-refractivity contribution is -0.278. The summed E-state index contributed by atoms with van der Waals surface area (Å²) in [6, 6.07) is 1.57. The molecule has 0 aliphatic heterocycles. The summed E-state index contributed by atoms with van der Waals surface area (Å²) >= 11 is 0. The number of pyridine rings is 1. The van der Waals surface area contributed by atoms with Crippen LogP contribution < -0.4 is 5.32 Å². The minimum atomic E-state index is -5.95. The summed E-state index contributed by atoms with van der Waals surface area (Å²) in [5, 5.41) is 4.57. The fraction of sp³-hybridized carbons (Fsp3) is 0.350.